The molecule has 1 unspecified atom stereocenters. The fraction of sp³-hybridized carbons (Fsp3) is 0.905. The van der Waals surface area contributed by atoms with Gasteiger partial charge in [0.25, 0.3) is 0 Å². The number of rotatable bonds is 36. The highest BCUT2D eigenvalue weighted by Gasteiger charge is 2.21. The molecule has 0 radical (unpaired) electrons. The lowest BCUT2D eigenvalue weighted by Gasteiger charge is -2.25. The summed E-state index contributed by atoms with van der Waals surface area (Å²) >= 11 is 0. The van der Waals surface area contributed by atoms with Crippen molar-refractivity contribution in [2.45, 2.75) is 213 Å². The molecular formula is C42H84N3O2+. The second kappa shape index (κ2) is 34.5. The van der Waals surface area contributed by atoms with Gasteiger partial charge in [-0.2, -0.15) is 0 Å². The van der Waals surface area contributed by atoms with Crippen molar-refractivity contribution in [3.05, 3.63) is 12.2 Å². The zero-order chi connectivity index (χ0) is 34.7. The molecule has 0 aromatic rings. The van der Waals surface area contributed by atoms with Crippen molar-refractivity contribution in [2.75, 3.05) is 34.2 Å². The molecule has 0 fully saturated rings. The smallest absolute Gasteiger partial charge is 0.242 e. The van der Waals surface area contributed by atoms with Crippen molar-refractivity contribution in [1.29, 1.82) is 0 Å². The first-order valence-corrected chi connectivity index (χ1v) is 20.8. The zero-order valence-electron chi connectivity index (χ0n) is 32.6. The van der Waals surface area contributed by atoms with Crippen LogP contribution in [-0.2, 0) is 9.59 Å². The van der Waals surface area contributed by atoms with Gasteiger partial charge in [0.15, 0.2) is 0 Å². The molecule has 2 N–H and O–H groups in total. The highest BCUT2D eigenvalue weighted by atomic mass is 16.2. The lowest BCUT2D eigenvalue weighted by molar-refractivity contribution is -0.870. The molecule has 1 atom stereocenters. The van der Waals surface area contributed by atoms with Crippen molar-refractivity contribution in [3.8, 4) is 0 Å². The minimum atomic E-state index is -0.413. The molecule has 5 heteroatoms. The normalized spacial score (nSPS) is 12.5. The predicted octanol–water partition coefficient (Wildman–Crippen LogP) is 11.6. The Hall–Kier alpha value is -1.36. The Morgan fingerprint density at radius 1 is 0.532 bits per heavy atom. The van der Waals surface area contributed by atoms with E-state index in [-0.39, 0.29) is 11.8 Å². The molecule has 47 heavy (non-hydrogen) atoms. The average Bonchev–Trinajstić information content (AvgIpc) is 3.03. The van der Waals surface area contributed by atoms with Crippen LogP contribution >= 0.6 is 0 Å². The molecule has 0 heterocycles. The second-order valence-electron chi connectivity index (χ2n) is 15.5. The molecule has 5 nitrogen and oxygen atoms in total. The van der Waals surface area contributed by atoms with Gasteiger partial charge in [-0.05, 0) is 51.4 Å². The van der Waals surface area contributed by atoms with Crippen LogP contribution in [0, 0.1) is 0 Å². The predicted molar refractivity (Wildman–Crippen MR) is 207 cm³/mol. The van der Waals surface area contributed by atoms with Crippen molar-refractivity contribution >= 4 is 11.8 Å². The van der Waals surface area contributed by atoms with E-state index in [0.717, 1.165) is 36.7 Å². The van der Waals surface area contributed by atoms with Crippen molar-refractivity contribution in [1.82, 2.24) is 10.6 Å². The number of hydrogen-bond acceptors (Lipinski definition) is 2. The fourth-order valence-corrected chi connectivity index (χ4v) is 6.32. The molecule has 2 amide bonds. The Kier molecular flexibility index (Phi) is 33.5. The van der Waals surface area contributed by atoms with E-state index in [2.05, 4.69) is 57.8 Å². The van der Waals surface area contributed by atoms with Crippen LogP contribution in [0.15, 0.2) is 12.2 Å². The van der Waals surface area contributed by atoms with Gasteiger partial charge in [0.2, 0.25) is 11.8 Å². The summed E-state index contributed by atoms with van der Waals surface area (Å²) in [7, 11) is 6.53. The van der Waals surface area contributed by atoms with E-state index in [1.165, 1.54) is 154 Å². The molecule has 0 aliphatic heterocycles. The molecule has 278 valence electrons. The molecule has 0 aromatic carbocycles. The Balaban J connectivity index is 4.02. The van der Waals surface area contributed by atoms with Crippen molar-refractivity contribution in [2.24, 2.45) is 0 Å². The summed E-state index contributed by atoms with van der Waals surface area (Å²) in [6.07, 6.45) is 41.9. The first kappa shape index (κ1) is 45.6. The van der Waals surface area contributed by atoms with Crippen LogP contribution in [0.1, 0.15) is 206 Å². The SMILES string of the molecule is CCCCCCCCC=CCCCCCCCC(=O)NC(CCC[N+](C)(C)C)C(=O)NCCCCCCCCCCCCCCCC. The van der Waals surface area contributed by atoms with Gasteiger partial charge in [0.05, 0.1) is 27.7 Å². The van der Waals surface area contributed by atoms with Gasteiger partial charge in [0.1, 0.15) is 6.04 Å². The van der Waals surface area contributed by atoms with Gasteiger partial charge in [-0.1, -0.05) is 161 Å². The average molecular weight is 663 g/mol. The third-order valence-corrected chi connectivity index (χ3v) is 9.47. The van der Waals surface area contributed by atoms with Gasteiger partial charge < -0.3 is 15.1 Å². The zero-order valence-corrected chi connectivity index (χ0v) is 32.6. The lowest BCUT2D eigenvalue weighted by atomic mass is 10.0. The molecule has 0 aromatic heterocycles. The third kappa shape index (κ3) is 35.8. The fourth-order valence-electron chi connectivity index (χ4n) is 6.32. The highest BCUT2D eigenvalue weighted by molar-refractivity contribution is 5.87. The summed E-state index contributed by atoms with van der Waals surface area (Å²) < 4.78 is 0.871. The minimum Gasteiger partial charge on any atom is -0.354 e. The number of quaternary nitrogens is 1. The first-order valence-electron chi connectivity index (χ1n) is 20.8. The van der Waals surface area contributed by atoms with Gasteiger partial charge >= 0.3 is 0 Å². The summed E-state index contributed by atoms with van der Waals surface area (Å²) in [5, 5.41) is 6.22. The van der Waals surface area contributed by atoms with Gasteiger partial charge in [-0.3, -0.25) is 9.59 Å². The second-order valence-corrected chi connectivity index (χ2v) is 15.5. The van der Waals surface area contributed by atoms with E-state index < -0.39 is 6.04 Å². The molecule has 0 aliphatic carbocycles. The molecule has 0 spiro atoms. The maximum absolute atomic E-state index is 13.0. The summed E-state index contributed by atoms with van der Waals surface area (Å²) in [6.45, 7) is 6.26. The van der Waals surface area contributed by atoms with Crippen LogP contribution in [0.5, 0.6) is 0 Å². The van der Waals surface area contributed by atoms with Crippen LogP contribution in [-0.4, -0.2) is 56.6 Å². The Labute approximate surface area is 294 Å². The summed E-state index contributed by atoms with van der Waals surface area (Å²) in [4.78, 5) is 25.8. The molecule has 0 rings (SSSR count). The Morgan fingerprint density at radius 3 is 1.38 bits per heavy atom. The van der Waals surface area contributed by atoms with Crippen molar-refractivity contribution < 1.29 is 14.1 Å². The van der Waals surface area contributed by atoms with E-state index in [1.807, 2.05) is 0 Å². The van der Waals surface area contributed by atoms with Crippen LogP contribution < -0.4 is 10.6 Å². The van der Waals surface area contributed by atoms with Crippen LogP contribution in [0.3, 0.4) is 0 Å². The van der Waals surface area contributed by atoms with E-state index in [0.29, 0.717) is 19.4 Å². The number of carbonyl (C=O) groups is 2. The molecule has 0 aliphatic rings. The standard InChI is InChI=1S/C42H83N3O2/c1-6-8-10-12-14-16-18-20-22-23-25-27-29-31-33-37-41(46)44-40(36-35-39-45(3,4)5)42(47)43-38-34-32-30-28-26-24-21-19-17-15-13-11-9-7-2/h20,22,40H,6-19,21,23-39H2,1-5H3,(H-,43,44,46,47)/p+1. The number of nitrogens with zero attached hydrogens (tertiary/aromatic N) is 1. The number of amides is 2. The number of hydrogen-bond donors (Lipinski definition) is 2. The van der Waals surface area contributed by atoms with E-state index in [4.69, 9.17) is 0 Å². The van der Waals surface area contributed by atoms with Crippen LogP contribution in [0.2, 0.25) is 0 Å². The van der Waals surface area contributed by atoms with Gasteiger partial charge in [-0.25, -0.2) is 0 Å². The van der Waals surface area contributed by atoms with E-state index >= 15 is 0 Å². The molecule has 0 saturated heterocycles. The number of unbranched alkanes of at least 4 members (excludes halogenated alkanes) is 24. The lowest BCUT2D eigenvalue weighted by Crippen LogP contribution is -2.47. The molecule has 0 saturated carbocycles. The largest absolute Gasteiger partial charge is 0.354 e. The maximum Gasteiger partial charge on any atom is 0.242 e. The number of carbonyl (C=O) groups excluding carboxylic acids is 2. The van der Waals surface area contributed by atoms with Crippen LogP contribution in [0.4, 0.5) is 0 Å². The summed E-state index contributed by atoms with van der Waals surface area (Å²) in [6, 6.07) is -0.413. The quantitative estimate of drug-likeness (QED) is 0.0398. The van der Waals surface area contributed by atoms with Gasteiger partial charge in [-0.15, -0.1) is 0 Å². The third-order valence-electron chi connectivity index (χ3n) is 9.47. The summed E-state index contributed by atoms with van der Waals surface area (Å²) in [5.74, 6) is 0.0310. The van der Waals surface area contributed by atoms with E-state index in [1.54, 1.807) is 0 Å². The van der Waals surface area contributed by atoms with E-state index in [9.17, 15) is 9.59 Å². The topological polar surface area (TPSA) is 58.2 Å². The van der Waals surface area contributed by atoms with Gasteiger partial charge in [0, 0.05) is 13.0 Å². The highest BCUT2D eigenvalue weighted by Crippen LogP contribution is 2.14. The molecule has 0 bridgehead atoms. The number of nitrogens with one attached hydrogen (secondary N) is 2. The monoisotopic (exact) mass is 663 g/mol. The van der Waals surface area contributed by atoms with Crippen LogP contribution in [0.25, 0.3) is 0 Å². The first-order chi connectivity index (χ1) is 22.8. The Bertz CT molecular complexity index is 715. The van der Waals surface area contributed by atoms with Crippen molar-refractivity contribution in [3.63, 3.8) is 0 Å². The summed E-state index contributed by atoms with van der Waals surface area (Å²) in [5.41, 5.74) is 0. The maximum atomic E-state index is 13.0. The Morgan fingerprint density at radius 2 is 0.936 bits per heavy atom. The molecular weight excluding hydrogens is 578 g/mol. The minimum absolute atomic E-state index is 0.000925. The number of allylic oxidation sites excluding steroid dienone is 2.